The van der Waals surface area contributed by atoms with Crippen LogP contribution < -0.4 is 0 Å². The Hall–Kier alpha value is -1.25. The molecule has 0 aromatic heterocycles. The number of Topliss-reactive ketones (excluding diaryl/α,β-unsaturated/α-hetero) is 1. The number of carbonyl (C=O) groups is 1. The molecule has 0 aliphatic carbocycles. The van der Waals surface area contributed by atoms with Gasteiger partial charge in [0.05, 0.1) is 0 Å². The smallest absolute Gasteiger partial charge is 0.140 e. The van der Waals surface area contributed by atoms with E-state index in [2.05, 4.69) is 0 Å². The lowest BCUT2D eigenvalue weighted by Gasteiger charge is -2.09. The monoisotopic (exact) mass is 226 g/mol. The molecule has 3 heteroatoms. The van der Waals surface area contributed by atoms with Crippen molar-refractivity contribution in [1.82, 2.24) is 0 Å². The molecule has 0 N–H and O–H groups in total. The summed E-state index contributed by atoms with van der Waals surface area (Å²) in [4.78, 5) is 11.7. The van der Waals surface area contributed by atoms with Crippen LogP contribution in [0, 0.1) is 17.6 Å². The highest BCUT2D eigenvalue weighted by Crippen LogP contribution is 2.16. The summed E-state index contributed by atoms with van der Waals surface area (Å²) in [5, 5.41) is 0. The zero-order valence-electron chi connectivity index (χ0n) is 9.59. The second kappa shape index (κ2) is 5.73. The molecule has 1 nitrogen and oxygen atoms in total. The molecule has 1 aromatic carbocycles. The van der Waals surface area contributed by atoms with Crippen molar-refractivity contribution in [2.75, 3.05) is 0 Å². The van der Waals surface area contributed by atoms with E-state index >= 15 is 0 Å². The fourth-order valence-electron chi connectivity index (χ4n) is 1.64. The lowest BCUT2D eigenvalue weighted by atomic mass is 9.95. The normalized spacial score (nSPS) is 12.5. The van der Waals surface area contributed by atoms with Gasteiger partial charge in [-0.2, -0.15) is 0 Å². The molecule has 0 aliphatic heterocycles. The molecule has 0 radical (unpaired) electrons. The van der Waals surface area contributed by atoms with Gasteiger partial charge >= 0.3 is 0 Å². The first-order valence-corrected chi connectivity index (χ1v) is 5.51. The van der Waals surface area contributed by atoms with E-state index in [-0.39, 0.29) is 23.7 Å². The molecule has 1 rings (SSSR count). The largest absolute Gasteiger partial charge is 0.299 e. The van der Waals surface area contributed by atoms with Gasteiger partial charge in [0.25, 0.3) is 0 Å². The summed E-state index contributed by atoms with van der Waals surface area (Å²) in [6.07, 6.45) is 1.50. The van der Waals surface area contributed by atoms with E-state index < -0.39 is 11.6 Å². The molecule has 0 amide bonds. The van der Waals surface area contributed by atoms with E-state index in [1.165, 1.54) is 18.2 Å². The Kier molecular flexibility index (Phi) is 4.59. The molecule has 88 valence electrons. The van der Waals surface area contributed by atoms with Crippen molar-refractivity contribution >= 4 is 5.78 Å². The lowest BCUT2D eigenvalue weighted by Crippen LogP contribution is -2.15. The Balaban J connectivity index is 2.77. The second-order valence-corrected chi connectivity index (χ2v) is 4.03. The zero-order valence-corrected chi connectivity index (χ0v) is 9.59. The van der Waals surface area contributed by atoms with Gasteiger partial charge in [0.2, 0.25) is 0 Å². The summed E-state index contributed by atoms with van der Waals surface area (Å²) >= 11 is 0. The predicted molar refractivity (Wildman–Crippen MR) is 59.1 cm³/mol. The number of carbonyl (C=O) groups excluding carboxylic acids is 1. The van der Waals surface area contributed by atoms with Crippen LogP contribution in [0.3, 0.4) is 0 Å². The predicted octanol–water partition coefficient (Wildman–Crippen LogP) is 3.51. The average molecular weight is 226 g/mol. The van der Waals surface area contributed by atoms with E-state index in [4.69, 9.17) is 0 Å². The molecule has 0 saturated heterocycles. The maximum absolute atomic E-state index is 13.3. The van der Waals surface area contributed by atoms with E-state index in [1.807, 2.05) is 6.92 Å². The van der Waals surface area contributed by atoms with Crippen LogP contribution in [0.4, 0.5) is 8.78 Å². The minimum absolute atomic E-state index is 0.106. The van der Waals surface area contributed by atoms with Crippen LogP contribution >= 0.6 is 0 Å². The molecule has 0 fully saturated rings. The Morgan fingerprint density at radius 2 is 1.88 bits per heavy atom. The van der Waals surface area contributed by atoms with Crippen LogP contribution in [0.5, 0.6) is 0 Å². The fraction of sp³-hybridized carbons (Fsp3) is 0.462. The van der Waals surface area contributed by atoms with Gasteiger partial charge in [-0.05, 0) is 18.6 Å². The highest BCUT2D eigenvalue weighted by Gasteiger charge is 2.17. The van der Waals surface area contributed by atoms with Crippen molar-refractivity contribution in [2.45, 2.75) is 33.1 Å². The summed E-state index contributed by atoms with van der Waals surface area (Å²) in [7, 11) is 0. The summed E-state index contributed by atoms with van der Waals surface area (Å²) in [6, 6.07) is 3.65. The van der Waals surface area contributed by atoms with Crippen LogP contribution in [0.2, 0.25) is 0 Å². The van der Waals surface area contributed by atoms with Gasteiger partial charge in [0.1, 0.15) is 17.4 Å². The van der Waals surface area contributed by atoms with Crippen molar-refractivity contribution < 1.29 is 13.6 Å². The minimum atomic E-state index is -0.642. The Morgan fingerprint density at radius 3 is 2.38 bits per heavy atom. The van der Waals surface area contributed by atoms with Gasteiger partial charge in [-0.25, -0.2) is 8.78 Å². The van der Waals surface area contributed by atoms with Crippen molar-refractivity contribution in [1.29, 1.82) is 0 Å². The van der Waals surface area contributed by atoms with Crippen molar-refractivity contribution in [3.05, 3.63) is 35.4 Å². The summed E-state index contributed by atoms with van der Waals surface area (Å²) in [5.74, 6) is -1.52. The van der Waals surface area contributed by atoms with Crippen LogP contribution in [-0.4, -0.2) is 5.78 Å². The molecule has 0 spiro atoms. The van der Waals surface area contributed by atoms with Crippen LogP contribution in [0.25, 0.3) is 0 Å². The average Bonchev–Trinajstić information content (AvgIpc) is 2.23. The minimum Gasteiger partial charge on any atom is -0.299 e. The van der Waals surface area contributed by atoms with Crippen LogP contribution in [-0.2, 0) is 11.2 Å². The van der Waals surface area contributed by atoms with Crippen LogP contribution in [0.15, 0.2) is 18.2 Å². The maximum atomic E-state index is 13.3. The number of rotatable bonds is 5. The van der Waals surface area contributed by atoms with Gasteiger partial charge in [0, 0.05) is 17.9 Å². The molecule has 1 aromatic rings. The molecular formula is C13H16F2O. The Bertz CT molecular complexity index is 354. The number of benzene rings is 1. The Labute approximate surface area is 94.5 Å². The van der Waals surface area contributed by atoms with E-state index in [9.17, 15) is 13.6 Å². The number of ketones is 1. The first kappa shape index (κ1) is 12.8. The number of hydrogen-bond acceptors (Lipinski definition) is 1. The molecule has 0 heterocycles. The molecular weight excluding hydrogens is 210 g/mol. The van der Waals surface area contributed by atoms with E-state index in [1.54, 1.807) is 6.92 Å². The molecule has 0 saturated carbocycles. The van der Waals surface area contributed by atoms with Gasteiger partial charge in [-0.1, -0.05) is 26.3 Å². The maximum Gasteiger partial charge on any atom is 0.140 e. The first-order chi connectivity index (χ1) is 7.56. The number of hydrogen-bond donors (Lipinski definition) is 0. The third kappa shape index (κ3) is 3.12. The summed E-state index contributed by atoms with van der Waals surface area (Å²) in [5.41, 5.74) is -0.115. The molecule has 1 unspecified atom stereocenters. The van der Waals surface area contributed by atoms with E-state index in [0.29, 0.717) is 0 Å². The summed E-state index contributed by atoms with van der Waals surface area (Å²) < 4.78 is 26.5. The second-order valence-electron chi connectivity index (χ2n) is 4.03. The zero-order chi connectivity index (χ0) is 12.1. The lowest BCUT2D eigenvalue weighted by molar-refractivity contribution is -0.122. The van der Waals surface area contributed by atoms with Crippen molar-refractivity contribution in [3.63, 3.8) is 0 Å². The van der Waals surface area contributed by atoms with Gasteiger partial charge < -0.3 is 0 Å². The topological polar surface area (TPSA) is 17.1 Å². The van der Waals surface area contributed by atoms with Crippen molar-refractivity contribution in [2.24, 2.45) is 5.92 Å². The number of halogens is 2. The molecule has 0 aliphatic rings. The van der Waals surface area contributed by atoms with Crippen molar-refractivity contribution in [3.8, 4) is 0 Å². The molecule has 0 bridgehead atoms. The van der Waals surface area contributed by atoms with E-state index in [0.717, 1.165) is 12.8 Å². The highest BCUT2D eigenvalue weighted by atomic mass is 19.1. The molecule has 1 atom stereocenters. The third-order valence-electron chi connectivity index (χ3n) is 2.68. The third-order valence-corrected chi connectivity index (χ3v) is 2.68. The SMILES string of the molecule is CCCC(C)C(=O)Cc1c(F)cccc1F. The summed E-state index contributed by atoms with van der Waals surface area (Å²) in [6.45, 7) is 3.78. The van der Waals surface area contributed by atoms with Crippen LogP contribution in [0.1, 0.15) is 32.3 Å². The first-order valence-electron chi connectivity index (χ1n) is 5.51. The Morgan fingerprint density at radius 1 is 1.31 bits per heavy atom. The van der Waals surface area contributed by atoms with Gasteiger partial charge in [-0.15, -0.1) is 0 Å². The molecule has 16 heavy (non-hydrogen) atoms. The highest BCUT2D eigenvalue weighted by molar-refractivity contribution is 5.83. The van der Waals surface area contributed by atoms with Gasteiger partial charge in [0.15, 0.2) is 0 Å². The van der Waals surface area contributed by atoms with Gasteiger partial charge in [-0.3, -0.25) is 4.79 Å². The quantitative estimate of drug-likeness (QED) is 0.750. The standard InChI is InChI=1S/C13H16F2O/c1-3-5-9(2)13(16)8-10-11(14)6-4-7-12(10)15/h4,6-7,9H,3,5,8H2,1-2H3. The fourth-order valence-corrected chi connectivity index (χ4v) is 1.64.